The quantitative estimate of drug-likeness (QED) is 0.880. The first-order valence-electron chi connectivity index (χ1n) is 6.94. The van der Waals surface area contributed by atoms with E-state index in [4.69, 9.17) is 11.6 Å². The van der Waals surface area contributed by atoms with Crippen LogP contribution in [0.25, 0.3) is 0 Å². The van der Waals surface area contributed by atoms with Gasteiger partial charge in [0.25, 0.3) is 6.43 Å². The van der Waals surface area contributed by atoms with Crippen LogP contribution >= 0.6 is 11.6 Å². The Labute approximate surface area is 126 Å². The molecule has 21 heavy (non-hydrogen) atoms. The van der Waals surface area contributed by atoms with Crippen molar-refractivity contribution in [1.82, 2.24) is 15.1 Å². The topological polar surface area (TPSA) is 29.9 Å². The van der Waals surface area contributed by atoms with E-state index in [1.165, 1.54) is 10.9 Å². The molecule has 6 heteroatoms. The molecule has 1 aliphatic rings. The van der Waals surface area contributed by atoms with E-state index in [0.717, 1.165) is 18.4 Å². The molecule has 1 saturated carbocycles. The second-order valence-corrected chi connectivity index (χ2v) is 5.67. The summed E-state index contributed by atoms with van der Waals surface area (Å²) >= 11 is 6.08. The molecule has 0 unspecified atom stereocenters. The van der Waals surface area contributed by atoms with E-state index < -0.39 is 6.43 Å². The van der Waals surface area contributed by atoms with Crippen LogP contribution in [0.15, 0.2) is 30.5 Å². The number of benzene rings is 1. The molecule has 0 atom stereocenters. The van der Waals surface area contributed by atoms with Crippen LogP contribution in [0.5, 0.6) is 0 Å². The number of nitrogens with one attached hydrogen (secondary N) is 1. The molecule has 1 N–H and O–H groups in total. The zero-order valence-electron chi connectivity index (χ0n) is 11.4. The summed E-state index contributed by atoms with van der Waals surface area (Å²) in [6.45, 7) is 0.690. The van der Waals surface area contributed by atoms with Gasteiger partial charge in [-0.1, -0.05) is 29.8 Å². The van der Waals surface area contributed by atoms with E-state index in [2.05, 4.69) is 10.4 Å². The first-order chi connectivity index (χ1) is 10.1. The SMILES string of the molecule is FC(F)c1c(CNC2CC2)cnn1Cc1ccccc1Cl. The molecule has 1 fully saturated rings. The van der Waals surface area contributed by atoms with Crippen LogP contribution in [-0.4, -0.2) is 15.8 Å². The number of alkyl halides is 2. The molecule has 1 aromatic heterocycles. The summed E-state index contributed by atoms with van der Waals surface area (Å²) in [6.07, 6.45) is 1.22. The van der Waals surface area contributed by atoms with E-state index in [9.17, 15) is 8.78 Å². The van der Waals surface area contributed by atoms with Gasteiger partial charge in [-0.05, 0) is 24.5 Å². The highest BCUT2D eigenvalue weighted by Gasteiger charge is 2.24. The molecule has 0 spiro atoms. The molecule has 0 bridgehead atoms. The Morgan fingerprint density at radius 1 is 1.29 bits per heavy atom. The first kappa shape index (κ1) is 14.5. The first-order valence-corrected chi connectivity index (χ1v) is 7.32. The summed E-state index contributed by atoms with van der Waals surface area (Å²) in [5.41, 5.74) is 1.32. The van der Waals surface area contributed by atoms with E-state index in [1.54, 1.807) is 6.07 Å². The minimum atomic E-state index is -2.55. The van der Waals surface area contributed by atoms with E-state index >= 15 is 0 Å². The summed E-state index contributed by atoms with van der Waals surface area (Å²) < 4.78 is 28.0. The predicted molar refractivity (Wildman–Crippen MR) is 77.6 cm³/mol. The van der Waals surface area contributed by atoms with Gasteiger partial charge < -0.3 is 5.32 Å². The molecule has 1 heterocycles. The minimum Gasteiger partial charge on any atom is -0.310 e. The van der Waals surface area contributed by atoms with Crippen molar-refractivity contribution in [3.63, 3.8) is 0 Å². The Kier molecular flexibility index (Phi) is 4.22. The standard InChI is InChI=1S/C15H16ClF2N3/c16-13-4-2-1-3-10(13)9-21-14(15(17)18)11(8-20-21)7-19-12-5-6-12/h1-4,8,12,15,19H,5-7,9H2. The van der Waals surface area contributed by atoms with Crippen molar-refractivity contribution in [3.05, 3.63) is 52.3 Å². The molecular weight excluding hydrogens is 296 g/mol. The fraction of sp³-hybridized carbons (Fsp3) is 0.400. The number of hydrogen-bond acceptors (Lipinski definition) is 2. The normalized spacial score (nSPS) is 14.9. The fourth-order valence-electron chi connectivity index (χ4n) is 2.28. The summed E-state index contributed by atoms with van der Waals surface area (Å²) in [6, 6.07) is 7.69. The maximum atomic E-state index is 13.3. The maximum absolute atomic E-state index is 13.3. The van der Waals surface area contributed by atoms with Gasteiger partial charge in [0, 0.05) is 23.2 Å². The zero-order chi connectivity index (χ0) is 14.8. The lowest BCUT2D eigenvalue weighted by Crippen LogP contribution is -2.17. The Morgan fingerprint density at radius 2 is 2.05 bits per heavy atom. The minimum absolute atomic E-state index is 0.0249. The molecule has 3 rings (SSSR count). The van der Waals surface area contributed by atoms with Gasteiger partial charge in [-0.15, -0.1) is 0 Å². The number of nitrogens with zero attached hydrogens (tertiary/aromatic N) is 2. The Hall–Kier alpha value is -1.46. The van der Waals surface area contributed by atoms with Crippen LogP contribution in [0.4, 0.5) is 8.78 Å². The average Bonchev–Trinajstić information content (AvgIpc) is 3.19. The second-order valence-electron chi connectivity index (χ2n) is 5.26. The highest BCUT2D eigenvalue weighted by atomic mass is 35.5. The molecule has 1 aromatic carbocycles. The molecule has 0 amide bonds. The number of hydrogen-bond donors (Lipinski definition) is 1. The number of aromatic nitrogens is 2. The van der Waals surface area contributed by atoms with Gasteiger partial charge in [0.1, 0.15) is 5.69 Å². The summed E-state index contributed by atoms with van der Waals surface area (Å²) in [7, 11) is 0. The van der Waals surface area contributed by atoms with Crippen LogP contribution in [-0.2, 0) is 13.1 Å². The Balaban J connectivity index is 1.82. The van der Waals surface area contributed by atoms with Gasteiger partial charge in [-0.3, -0.25) is 4.68 Å². The monoisotopic (exact) mass is 311 g/mol. The molecule has 2 aromatic rings. The fourth-order valence-corrected chi connectivity index (χ4v) is 2.47. The smallest absolute Gasteiger partial charge is 0.280 e. The third-order valence-electron chi connectivity index (χ3n) is 3.60. The lowest BCUT2D eigenvalue weighted by atomic mass is 10.2. The van der Waals surface area contributed by atoms with Crippen molar-refractivity contribution in [3.8, 4) is 0 Å². The molecule has 0 saturated heterocycles. The number of rotatable bonds is 6. The van der Waals surface area contributed by atoms with Crippen LogP contribution in [0.1, 0.15) is 36.1 Å². The molecular formula is C15H16ClF2N3. The molecule has 1 aliphatic carbocycles. The molecule has 0 aliphatic heterocycles. The van der Waals surface area contributed by atoms with Crippen molar-refractivity contribution in [2.45, 2.75) is 38.4 Å². The van der Waals surface area contributed by atoms with Gasteiger partial charge in [-0.25, -0.2) is 8.78 Å². The van der Waals surface area contributed by atoms with Crippen LogP contribution < -0.4 is 5.32 Å². The van der Waals surface area contributed by atoms with Gasteiger partial charge >= 0.3 is 0 Å². The predicted octanol–water partition coefficient (Wildman–Crippen LogP) is 3.77. The zero-order valence-corrected chi connectivity index (χ0v) is 12.2. The van der Waals surface area contributed by atoms with Gasteiger partial charge in [0.15, 0.2) is 0 Å². The lowest BCUT2D eigenvalue weighted by Gasteiger charge is -2.10. The van der Waals surface area contributed by atoms with Crippen molar-refractivity contribution in [1.29, 1.82) is 0 Å². The van der Waals surface area contributed by atoms with Gasteiger partial charge in [0.05, 0.1) is 12.7 Å². The Morgan fingerprint density at radius 3 is 2.71 bits per heavy atom. The molecule has 3 nitrogen and oxygen atoms in total. The maximum Gasteiger partial charge on any atom is 0.280 e. The summed E-state index contributed by atoms with van der Waals surface area (Å²) in [5.74, 6) is 0. The van der Waals surface area contributed by atoms with Crippen molar-refractivity contribution in [2.75, 3.05) is 0 Å². The largest absolute Gasteiger partial charge is 0.310 e. The Bertz CT molecular complexity index is 623. The lowest BCUT2D eigenvalue weighted by molar-refractivity contribution is 0.138. The summed E-state index contributed by atoms with van der Waals surface area (Å²) in [5, 5.41) is 7.92. The van der Waals surface area contributed by atoms with Gasteiger partial charge in [-0.2, -0.15) is 5.10 Å². The second kappa shape index (κ2) is 6.12. The highest BCUT2D eigenvalue weighted by molar-refractivity contribution is 6.31. The molecule has 0 radical (unpaired) electrons. The number of halogens is 3. The average molecular weight is 312 g/mol. The molecule has 112 valence electrons. The van der Waals surface area contributed by atoms with Crippen LogP contribution in [0.3, 0.4) is 0 Å². The third-order valence-corrected chi connectivity index (χ3v) is 3.97. The third kappa shape index (κ3) is 3.41. The van der Waals surface area contributed by atoms with E-state index in [0.29, 0.717) is 23.2 Å². The van der Waals surface area contributed by atoms with Crippen molar-refractivity contribution < 1.29 is 8.78 Å². The van der Waals surface area contributed by atoms with E-state index in [-0.39, 0.29) is 12.2 Å². The highest BCUT2D eigenvalue weighted by Crippen LogP contribution is 2.26. The van der Waals surface area contributed by atoms with Crippen molar-refractivity contribution in [2.24, 2.45) is 0 Å². The van der Waals surface area contributed by atoms with Crippen LogP contribution in [0.2, 0.25) is 5.02 Å². The van der Waals surface area contributed by atoms with Gasteiger partial charge in [0.2, 0.25) is 0 Å². The van der Waals surface area contributed by atoms with E-state index in [1.807, 2.05) is 18.2 Å². The van der Waals surface area contributed by atoms with Crippen molar-refractivity contribution >= 4 is 11.6 Å². The summed E-state index contributed by atoms with van der Waals surface area (Å²) in [4.78, 5) is 0. The van der Waals surface area contributed by atoms with Crippen LogP contribution in [0, 0.1) is 0 Å².